The molecule has 1 aliphatic heterocycles. The first-order valence-electron chi connectivity index (χ1n) is 8.39. The number of piperidine rings is 1. The van der Waals surface area contributed by atoms with Crippen LogP contribution in [0.5, 0.6) is 5.75 Å². The minimum Gasteiger partial charge on any atom is -0.410 e. The van der Waals surface area contributed by atoms with E-state index in [2.05, 4.69) is 10.6 Å². The van der Waals surface area contributed by atoms with Gasteiger partial charge in [0.25, 0.3) is 0 Å². The quantitative estimate of drug-likeness (QED) is 0.858. The third-order valence-electron chi connectivity index (χ3n) is 4.26. The van der Waals surface area contributed by atoms with Crippen molar-refractivity contribution in [2.75, 3.05) is 13.1 Å². The van der Waals surface area contributed by atoms with Crippen LogP contribution in [0.3, 0.4) is 0 Å². The molecule has 1 amide bonds. The van der Waals surface area contributed by atoms with Crippen LogP contribution in [0.1, 0.15) is 18.4 Å². The molecule has 4 nitrogen and oxygen atoms in total. The fourth-order valence-electron chi connectivity index (χ4n) is 2.90. The number of benzene rings is 2. The lowest BCUT2D eigenvalue weighted by molar-refractivity contribution is -0.137. The zero-order valence-electron chi connectivity index (χ0n) is 14.0. The van der Waals surface area contributed by atoms with Crippen LogP contribution >= 0.6 is 0 Å². The highest BCUT2D eigenvalue weighted by Gasteiger charge is 2.32. The van der Waals surface area contributed by atoms with E-state index in [9.17, 15) is 18.0 Å². The summed E-state index contributed by atoms with van der Waals surface area (Å²) in [6.45, 7) is 1.56. The van der Waals surface area contributed by atoms with Crippen molar-refractivity contribution in [3.05, 3.63) is 54.1 Å². The van der Waals surface area contributed by atoms with Crippen molar-refractivity contribution in [1.29, 1.82) is 0 Å². The Morgan fingerprint density at radius 2 is 1.77 bits per heavy atom. The summed E-state index contributed by atoms with van der Waals surface area (Å²) in [5.74, 6) is -0.113. The molecule has 138 valence electrons. The van der Waals surface area contributed by atoms with Gasteiger partial charge in [0, 0.05) is 11.6 Å². The van der Waals surface area contributed by atoms with Crippen molar-refractivity contribution in [2.24, 2.45) is 0 Å². The van der Waals surface area contributed by atoms with E-state index in [1.807, 2.05) is 0 Å². The summed E-state index contributed by atoms with van der Waals surface area (Å²) in [7, 11) is 0. The average molecular weight is 364 g/mol. The second kappa shape index (κ2) is 7.78. The van der Waals surface area contributed by atoms with E-state index in [1.54, 1.807) is 30.3 Å². The van der Waals surface area contributed by atoms with Crippen LogP contribution in [0.25, 0.3) is 11.1 Å². The predicted octanol–water partition coefficient (Wildman–Crippen LogP) is 4.21. The van der Waals surface area contributed by atoms with E-state index in [-0.39, 0.29) is 11.8 Å². The van der Waals surface area contributed by atoms with Gasteiger partial charge in [0.1, 0.15) is 5.75 Å². The summed E-state index contributed by atoms with van der Waals surface area (Å²) >= 11 is 0. The number of alkyl halides is 3. The highest BCUT2D eigenvalue weighted by molar-refractivity contribution is 5.77. The van der Waals surface area contributed by atoms with Gasteiger partial charge in [-0.05, 0) is 43.6 Å². The lowest BCUT2D eigenvalue weighted by atomic mass is 10.0. The molecule has 2 aromatic carbocycles. The molecule has 0 bridgehead atoms. The maximum atomic E-state index is 13.0. The van der Waals surface area contributed by atoms with E-state index in [4.69, 9.17) is 4.74 Å². The molecule has 1 aliphatic rings. The van der Waals surface area contributed by atoms with Gasteiger partial charge in [-0.15, -0.1) is 0 Å². The van der Waals surface area contributed by atoms with Crippen LogP contribution in [0.2, 0.25) is 0 Å². The molecule has 1 heterocycles. The van der Waals surface area contributed by atoms with Gasteiger partial charge < -0.3 is 15.4 Å². The molecule has 0 aromatic heterocycles. The minimum absolute atomic E-state index is 0.0466. The number of rotatable bonds is 3. The molecule has 0 atom stereocenters. The molecule has 0 unspecified atom stereocenters. The van der Waals surface area contributed by atoms with Crippen LogP contribution in [0.15, 0.2) is 48.5 Å². The molecule has 1 saturated heterocycles. The topological polar surface area (TPSA) is 50.4 Å². The molecule has 0 spiro atoms. The van der Waals surface area contributed by atoms with E-state index in [0.717, 1.165) is 38.1 Å². The van der Waals surface area contributed by atoms with E-state index < -0.39 is 17.8 Å². The van der Waals surface area contributed by atoms with Gasteiger partial charge in [0.2, 0.25) is 0 Å². The predicted molar refractivity (Wildman–Crippen MR) is 91.9 cm³/mol. The number of amides is 1. The van der Waals surface area contributed by atoms with Crippen LogP contribution < -0.4 is 15.4 Å². The van der Waals surface area contributed by atoms with Crippen molar-refractivity contribution in [3.8, 4) is 16.9 Å². The van der Waals surface area contributed by atoms with Gasteiger partial charge >= 0.3 is 12.3 Å². The number of ether oxygens (including phenoxy) is 1. The fourth-order valence-corrected chi connectivity index (χ4v) is 2.90. The zero-order valence-corrected chi connectivity index (χ0v) is 14.0. The van der Waals surface area contributed by atoms with E-state index in [1.165, 1.54) is 6.07 Å². The monoisotopic (exact) mass is 364 g/mol. The van der Waals surface area contributed by atoms with Gasteiger partial charge in [-0.2, -0.15) is 13.2 Å². The molecule has 0 radical (unpaired) electrons. The molecule has 3 rings (SSSR count). The lowest BCUT2D eigenvalue weighted by Gasteiger charge is -2.23. The summed E-state index contributed by atoms with van der Waals surface area (Å²) in [4.78, 5) is 12.2. The summed E-state index contributed by atoms with van der Waals surface area (Å²) < 4.78 is 44.4. The number of carbonyl (C=O) groups is 1. The van der Waals surface area contributed by atoms with Crippen molar-refractivity contribution in [2.45, 2.75) is 25.1 Å². The van der Waals surface area contributed by atoms with Crippen molar-refractivity contribution >= 4 is 6.09 Å². The Morgan fingerprint density at radius 1 is 1.08 bits per heavy atom. The molecule has 0 saturated carbocycles. The van der Waals surface area contributed by atoms with E-state index >= 15 is 0 Å². The van der Waals surface area contributed by atoms with Gasteiger partial charge in [0.15, 0.2) is 0 Å². The average Bonchev–Trinajstić information content (AvgIpc) is 2.62. The number of nitrogens with one attached hydrogen (secondary N) is 2. The number of hydrogen-bond acceptors (Lipinski definition) is 3. The summed E-state index contributed by atoms with van der Waals surface area (Å²) in [6.07, 6.45) is -3.75. The largest absolute Gasteiger partial charge is 0.416 e. The van der Waals surface area contributed by atoms with Crippen molar-refractivity contribution in [1.82, 2.24) is 10.6 Å². The molecular formula is C19H19F3N2O2. The van der Waals surface area contributed by atoms with Crippen LogP contribution in [0, 0.1) is 0 Å². The maximum Gasteiger partial charge on any atom is 0.416 e. The Labute approximate surface area is 149 Å². The second-order valence-corrected chi connectivity index (χ2v) is 6.13. The first-order valence-corrected chi connectivity index (χ1v) is 8.39. The summed E-state index contributed by atoms with van der Waals surface area (Å²) in [5, 5.41) is 5.90. The molecule has 26 heavy (non-hydrogen) atoms. The van der Waals surface area contributed by atoms with Crippen LogP contribution in [-0.4, -0.2) is 25.2 Å². The molecular weight excluding hydrogens is 345 g/mol. The molecule has 7 heteroatoms. The zero-order chi connectivity index (χ0) is 18.6. The number of halogens is 3. The fraction of sp³-hybridized carbons (Fsp3) is 0.316. The highest BCUT2D eigenvalue weighted by atomic mass is 19.4. The van der Waals surface area contributed by atoms with E-state index in [0.29, 0.717) is 11.1 Å². The Bertz CT molecular complexity index is 757. The van der Waals surface area contributed by atoms with Gasteiger partial charge in [-0.1, -0.05) is 36.4 Å². The third-order valence-corrected chi connectivity index (χ3v) is 4.26. The summed E-state index contributed by atoms with van der Waals surface area (Å²) in [6, 6.07) is 12.0. The Hall–Kier alpha value is -2.54. The SMILES string of the molecule is O=C(NC1CCNCC1)Oc1cc(C(F)(F)F)ccc1-c1ccccc1. The molecule has 2 aromatic rings. The molecule has 0 aliphatic carbocycles. The minimum atomic E-state index is -4.52. The number of hydrogen-bond donors (Lipinski definition) is 2. The van der Waals surface area contributed by atoms with Crippen molar-refractivity contribution in [3.63, 3.8) is 0 Å². The van der Waals surface area contributed by atoms with Crippen LogP contribution in [0.4, 0.5) is 18.0 Å². The first-order chi connectivity index (χ1) is 12.4. The standard InChI is InChI=1S/C19H19F3N2O2/c20-19(21,22)14-6-7-16(13-4-2-1-3-5-13)17(12-14)26-18(25)24-15-8-10-23-11-9-15/h1-7,12,15,23H,8-11H2,(H,24,25). The summed E-state index contributed by atoms with van der Waals surface area (Å²) in [5.41, 5.74) is 0.242. The normalized spacial score (nSPS) is 15.5. The lowest BCUT2D eigenvalue weighted by Crippen LogP contribution is -2.43. The van der Waals surface area contributed by atoms with Gasteiger partial charge in [0.05, 0.1) is 5.56 Å². The second-order valence-electron chi connectivity index (χ2n) is 6.13. The smallest absolute Gasteiger partial charge is 0.410 e. The molecule has 2 N–H and O–H groups in total. The Kier molecular flexibility index (Phi) is 5.46. The van der Waals surface area contributed by atoms with Crippen molar-refractivity contribution < 1.29 is 22.7 Å². The molecule has 1 fully saturated rings. The Morgan fingerprint density at radius 3 is 2.42 bits per heavy atom. The van der Waals surface area contributed by atoms with Gasteiger partial charge in [-0.3, -0.25) is 0 Å². The maximum absolute atomic E-state index is 13.0. The highest BCUT2D eigenvalue weighted by Crippen LogP contribution is 2.37. The number of carbonyl (C=O) groups excluding carboxylic acids is 1. The Balaban J connectivity index is 1.85. The third kappa shape index (κ3) is 4.54. The van der Waals surface area contributed by atoms with Crippen LogP contribution in [-0.2, 0) is 6.18 Å². The first kappa shape index (κ1) is 18.3. The van der Waals surface area contributed by atoms with Gasteiger partial charge in [-0.25, -0.2) is 4.79 Å².